The molecule has 8 nitrogen and oxygen atoms in total. The van der Waals surface area contributed by atoms with E-state index in [4.69, 9.17) is 0 Å². The van der Waals surface area contributed by atoms with E-state index in [-0.39, 0.29) is 11.4 Å². The van der Waals surface area contributed by atoms with Crippen molar-refractivity contribution in [1.82, 2.24) is 27.4 Å². The van der Waals surface area contributed by atoms with E-state index < -0.39 is 0 Å². The Bertz CT molecular complexity index is 4350. The van der Waals surface area contributed by atoms with Gasteiger partial charge in [0.05, 0.1) is 61.4 Å². The van der Waals surface area contributed by atoms with Gasteiger partial charge in [0.15, 0.2) is 0 Å². The zero-order chi connectivity index (χ0) is 46.5. The number of imidazole rings is 2. The van der Waals surface area contributed by atoms with E-state index >= 15 is 0 Å². The molecule has 13 aromatic rings. The average Bonchev–Trinajstić information content (AvgIpc) is 4.12. The van der Waals surface area contributed by atoms with Crippen LogP contribution in [0.15, 0.2) is 234 Å². The number of allylic oxidation sites excluding steroid dienone is 1. The normalized spacial score (nSPS) is 12.5. The first kappa shape index (κ1) is 39.7. The molecule has 0 fully saturated rings. The third-order valence-electron chi connectivity index (χ3n) is 14.2. The van der Waals surface area contributed by atoms with Crippen LogP contribution in [0.4, 0.5) is 0 Å². The Hall–Kier alpha value is -9.40. The summed E-state index contributed by atoms with van der Waals surface area (Å²) in [7, 11) is 0. The molecule has 1 aliphatic rings. The van der Waals surface area contributed by atoms with Crippen molar-refractivity contribution in [2.45, 2.75) is 12.8 Å². The van der Waals surface area contributed by atoms with Gasteiger partial charge in [-0.15, -0.1) is 0 Å². The molecule has 1 aliphatic carbocycles. The third-order valence-corrected chi connectivity index (χ3v) is 14.2. The summed E-state index contributed by atoms with van der Waals surface area (Å²) in [5.41, 5.74) is 16.0. The van der Waals surface area contributed by atoms with Crippen molar-refractivity contribution in [3.05, 3.63) is 257 Å². The third kappa shape index (κ3) is 5.96. The molecular weight excluding hydrogens is 861 g/mol. The number of fused-ring (bicyclic) bond motifs is 8. The molecule has 0 amide bonds. The molecule has 0 N–H and O–H groups in total. The van der Waals surface area contributed by atoms with Crippen molar-refractivity contribution in [1.29, 1.82) is 0 Å². The minimum absolute atomic E-state index is 0.156. The summed E-state index contributed by atoms with van der Waals surface area (Å²) < 4.78 is 11.8. The van der Waals surface area contributed by atoms with Gasteiger partial charge in [-0.25, -0.2) is 9.59 Å². The van der Waals surface area contributed by atoms with Gasteiger partial charge in [-0.05, 0) is 139 Å². The maximum atomic E-state index is 14.8. The highest BCUT2D eigenvalue weighted by molar-refractivity contribution is 6.09. The van der Waals surface area contributed by atoms with Crippen molar-refractivity contribution in [3.8, 4) is 45.3 Å². The average molecular weight is 903 g/mol. The minimum Gasteiger partial charge on any atom is -0.313 e. The zero-order valence-corrected chi connectivity index (χ0v) is 37.9. The van der Waals surface area contributed by atoms with Crippen LogP contribution >= 0.6 is 0 Å². The summed E-state index contributed by atoms with van der Waals surface area (Å²) in [5.74, 6) is 0. The molecule has 0 atom stereocenters. The second-order valence-corrected chi connectivity index (χ2v) is 18.0. The van der Waals surface area contributed by atoms with Crippen LogP contribution in [-0.2, 0) is 6.42 Å². The summed E-state index contributed by atoms with van der Waals surface area (Å²) in [4.78, 5) is 29.6. The fourth-order valence-electron chi connectivity index (χ4n) is 11.1. The number of benzene rings is 9. The predicted octanol–water partition coefficient (Wildman–Crippen LogP) is 13.5. The van der Waals surface area contributed by atoms with Gasteiger partial charge in [0, 0.05) is 38.8 Å². The SMILES string of the molecule is O=c1n(-c2ccc(-n3c4c(c5ccccc53)C=CCC4)cc2)c2ccccc2n1-c1cccc(-c2cccc(-n3c(=O)n(-c4ccc(-n5c6ccccc6c6ccccc65)cc4)c4ccccc43)c2)c1. The number of hydrogen-bond donors (Lipinski definition) is 0. The Balaban J connectivity index is 0.823. The van der Waals surface area contributed by atoms with Crippen molar-refractivity contribution in [2.75, 3.05) is 0 Å². The maximum Gasteiger partial charge on any atom is 0.338 e. The lowest BCUT2D eigenvalue weighted by molar-refractivity contribution is 0.887. The second-order valence-electron chi connectivity index (χ2n) is 18.0. The lowest BCUT2D eigenvalue weighted by atomic mass is 10.0. The highest BCUT2D eigenvalue weighted by Gasteiger charge is 2.22. The van der Waals surface area contributed by atoms with E-state index in [0.717, 1.165) is 91.2 Å². The number of aromatic nitrogens is 6. The Morgan fingerprint density at radius 3 is 1.11 bits per heavy atom. The lowest BCUT2D eigenvalue weighted by Gasteiger charge is -2.14. The van der Waals surface area contributed by atoms with Crippen LogP contribution in [0.3, 0.4) is 0 Å². The monoisotopic (exact) mass is 902 g/mol. The van der Waals surface area contributed by atoms with Crippen molar-refractivity contribution < 1.29 is 0 Å². The Morgan fingerprint density at radius 2 is 0.657 bits per heavy atom. The summed E-state index contributed by atoms with van der Waals surface area (Å²) in [5, 5.41) is 3.65. The molecule has 0 aliphatic heterocycles. The molecule has 0 saturated carbocycles. The molecule has 14 rings (SSSR count). The standard InChI is InChI=1S/C62H42N6O2/c69-61-65(45-35-31-43(32-36-45)63-53-23-5-1-19-49(53)50-20-2-6-24-54(50)63)57-27-9-11-29-59(57)67(61)47-17-13-15-41(39-47)42-16-14-18-48(40-42)68-60-30-12-10-28-58(60)66(62(68)70)46-37-33-44(34-38-46)64-55-25-7-3-21-51(55)52-22-4-8-26-56(52)64/h1-7,9-25,27-40H,8,26H2. The van der Waals surface area contributed by atoms with Crippen molar-refractivity contribution in [2.24, 2.45) is 0 Å². The van der Waals surface area contributed by atoms with E-state index in [1.807, 2.05) is 84.9 Å². The van der Waals surface area contributed by atoms with E-state index in [1.54, 1.807) is 18.3 Å². The van der Waals surface area contributed by atoms with Gasteiger partial charge < -0.3 is 9.13 Å². The van der Waals surface area contributed by atoms with Gasteiger partial charge >= 0.3 is 11.4 Å². The van der Waals surface area contributed by atoms with Gasteiger partial charge in [-0.2, -0.15) is 0 Å². The van der Waals surface area contributed by atoms with Crippen LogP contribution in [0, 0.1) is 0 Å². The summed E-state index contributed by atoms with van der Waals surface area (Å²) in [6.07, 6.45) is 6.50. The van der Waals surface area contributed by atoms with E-state index in [1.165, 1.54) is 32.9 Å². The lowest BCUT2D eigenvalue weighted by Crippen LogP contribution is -2.22. The molecule has 8 heteroatoms. The number of rotatable bonds is 7. The smallest absolute Gasteiger partial charge is 0.313 e. The van der Waals surface area contributed by atoms with Crippen molar-refractivity contribution >= 4 is 60.9 Å². The van der Waals surface area contributed by atoms with Gasteiger partial charge in [0.1, 0.15) is 0 Å². The summed E-state index contributed by atoms with van der Waals surface area (Å²) in [6.45, 7) is 0. The first-order chi connectivity index (χ1) is 34.6. The molecule has 70 heavy (non-hydrogen) atoms. The molecule has 0 bridgehead atoms. The second kappa shape index (κ2) is 15.6. The van der Waals surface area contributed by atoms with E-state index in [9.17, 15) is 9.59 Å². The van der Waals surface area contributed by atoms with E-state index in [0.29, 0.717) is 0 Å². The highest BCUT2D eigenvalue weighted by atomic mass is 16.2. The van der Waals surface area contributed by atoms with Crippen LogP contribution < -0.4 is 11.4 Å². The first-order valence-electron chi connectivity index (χ1n) is 23.7. The molecule has 0 spiro atoms. The molecule has 0 unspecified atom stereocenters. The Kier molecular flexibility index (Phi) is 8.85. The van der Waals surface area contributed by atoms with Crippen LogP contribution in [-0.4, -0.2) is 27.4 Å². The quantitative estimate of drug-likeness (QED) is 0.160. The molecule has 4 heterocycles. The molecule has 4 aromatic heterocycles. The Morgan fingerprint density at radius 1 is 0.300 bits per heavy atom. The van der Waals surface area contributed by atoms with Crippen LogP contribution in [0.2, 0.25) is 0 Å². The minimum atomic E-state index is -0.165. The number of para-hydroxylation sites is 7. The van der Waals surface area contributed by atoms with Crippen molar-refractivity contribution in [3.63, 3.8) is 0 Å². The number of hydrogen-bond acceptors (Lipinski definition) is 2. The Labute approximate surface area is 401 Å². The molecular formula is C62H42N6O2. The van der Waals surface area contributed by atoms with Gasteiger partial charge in [0.25, 0.3) is 0 Å². The fraction of sp³-hybridized carbons (Fsp3) is 0.0323. The molecule has 332 valence electrons. The van der Waals surface area contributed by atoms with Gasteiger partial charge in [0.2, 0.25) is 0 Å². The molecule has 9 aromatic carbocycles. The largest absolute Gasteiger partial charge is 0.338 e. The van der Waals surface area contributed by atoms with Crippen LogP contribution in [0.1, 0.15) is 17.7 Å². The van der Waals surface area contributed by atoms with E-state index in [2.05, 4.69) is 155 Å². The zero-order valence-electron chi connectivity index (χ0n) is 37.9. The highest BCUT2D eigenvalue weighted by Crippen LogP contribution is 2.36. The van der Waals surface area contributed by atoms with Crippen LogP contribution in [0.25, 0.3) is 106 Å². The van der Waals surface area contributed by atoms with Crippen LogP contribution in [0.5, 0.6) is 0 Å². The topological polar surface area (TPSA) is 63.7 Å². The maximum absolute atomic E-state index is 14.8. The van der Waals surface area contributed by atoms with Gasteiger partial charge in [-0.1, -0.05) is 115 Å². The predicted molar refractivity (Wildman–Crippen MR) is 285 cm³/mol. The van der Waals surface area contributed by atoms with Gasteiger partial charge in [-0.3, -0.25) is 18.3 Å². The molecule has 0 saturated heterocycles. The number of nitrogens with zero attached hydrogens (tertiary/aromatic N) is 6. The first-order valence-corrected chi connectivity index (χ1v) is 23.7. The summed E-state index contributed by atoms with van der Waals surface area (Å²) in [6, 6.07) is 74.2. The molecule has 0 radical (unpaired) electrons. The fourth-order valence-corrected chi connectivity index (χ4v) is 11.1. The summed E-state index contributed by atoms with van der Waals surface area (Å²) >= 11 is 0.